The van der Waals surface area contributed by atoms with E-state index in [1.807, 2.05) is 6.92 Å². The van der Waals surface area contributed by atoms with Crippen molar-refractivity contribution in [3.05, 3.63) is 52.7 Å². The number of carbonyl (C=O) groups is 2. The van der Waals surface area contributed by atoms with Crippen LogP contribution in [-0.4, -0.2) is 60.0 Å². The monoisotopic (exact) mass is 426 g/mol. The van der Waals surface area contributed by atoms with E-state index in [1.165, 1.54) is 13.2 Å². The number of hydrogen-bond acceptors (Lipinski definition) is 5. The first kappa shape index (κ1) is 21.4. The van der Waals surface area contributed by atoms with E-state index in [4.69, 9.17) is 14.7 Å². The van der Waals surface area contributed by atoms with E-state index in [1.54, 1.807) is 28.0 Å². The zero-order valence-electron chi connectivity index (χ0n) is 17.9. The van der Waals surface area contributed by atoms with Gasteiger partial charge in [0.05, 0.1) is 6.42 Å². The van der Waals surface area contributed by atoms with E-state index < -0.39 is 0 Å². The summed E-state index contributed by atoms with van der Waals surface area (Å²) in [6.45, 7) is 3.58. The van der Waals surface area contributed by atoms with Crippen LogP contribution in [0.25, 0.3) is 0 Å². The standard InChI is InChI=1S/C23H27FN4O3/c1-15-18-12-20(29)28(11-9-16-6-3-4-8-19(16)24)23(18)26-22(25-15)17-7-5-10-27(13-17)21(30)14-31-2/h3-4,6,8,17H,5,7,9-14H2,1-2H3/t17-/m1/s1. The van der Waals surface area contributed by atoms with Crippen molar-refractivity contribution in [3.8, 4) is 0 Å². The quantitative estimate of drug-likeness (QED) is 0.709. The van der Waals surface area contributed by atoms with E-state index in [0.29, 0.717) is 43.3 Å². The molecule has 1 aromatic carbocycles. The number of benzene rings is 1. The minimum absolute atomic E-state index is 0.0164. The number of likely N-dealkylation sites (tertiary alicyclic amines) is 1. The third-order valence-corrected chi connectivity index (χ3v) is 6.06. The van der Waals surface area contributed by atoms with Gasteiger partial charge in [-0.1, -0.05) is 18.2 Å². The number of methoxy groups -OCH3 is 1. The minimum atomic E-state index is -0.267. The van der Waals surface area contributed by atoms with Crippen molar-refractivity contribution >= 4 is 17.6 Å². The number of rotatable bonds is 6. The molecule has 2 aromatic rings. The summed E-state index contributed by atoms with van der Waals surface area (Å²) < 4.78 is 19.0. The van der Waals surface area contributed by atoms with E-state index >= 15 is 0 Å². The van der Waals surface area contributed by atoms with Crippen molar-refractivity contribution in [2.75, 3.05) is 38.3 Å². The summed E-state index contributed by atoms with van der Waals surface area (Å²) in [5.41, 5.74) is 2.21. The molecule has 2 aliphatic heterocycles. The van der Waals surface area contributed by atoms with Crippen molar-refractivity contribution in [2.24, 2.45) is 0 Å². The van der Waals surface area contributed by atoms with E-state index in [0.717, 1.165) is 24.1 Å². The molecule has 31 heavy (non-hydrogen) atoms. The van der Waals surface area contributed by atoms with Crippen LogP contribution in [0, 0.1) is 12.7 Å². The second-order valence-corrected chi connectivity index (χ2v) is 8.14. The molecule has 1 saturated heterocycles. The van der Waals surface area contributed by atoms with Crippen molar-refractivity contribution in [1.82, 2.24) is 14.9 Å². The molecule has 1 atom stereocenters. The highest BCUT2D eigenvalue weighted by Crippen LogP contribution is 2.33. The first-order chi connectivity index (χ1) is 15.0. The lowest BCUT2D eigenvalue weighted by molar-refractivity contribution is -0.136. The average Bonchev–Trinajstić information content (AvgIpc) is 3.09. The largest absolute Gasteiger partial charge is 0.375 e. The molecular weight excluding hydrogens is 399 g/mol. The van der Waals surface area contributed by atoms with Gasteiger partial charge in [0, 0.05) is 43.9 Å². The first-order valence-electron chi connectivity index (χ1n) is 10.7. The maximum absolute atomic E-state index is 14.0. The van der Waals surface area contributed by atoms with Crippen molar-refractivity contribution < 1.29 is 18.7 Å². The number of piperidine rings is 1. The highest BCUT2D eigenvalue weighted by Gasteiger charge is 2.33. The second kappa shape index (κ2) is 9.09. The number of carbonyl (C=O) groups excluding carboxylic acids is 2. The topological polar surface area (TPSA) is 75.6 Å². The summed E-state index contributed by atoms with van der Waals surface area (Å²) in [6.07, 6.45) is 2.44. The molecule has 0 unspecified atom stereocenters. The van der Waals surface area contributed by atoms with Crippen LogP contribution in [0.4, 0.5) is 10.2 Å². The Kier molecular flexibility index (Phi) is 6.27. The lowest BCUT2D eigenvalue weighted by Gasteiger charge is -2.32. The Balaban J connectivity index is 1.55. The molecule has 4 rings (SSSR count). The summed E-state index contributed by atoms with van der Waals surface area (Å²) >= 11 is 0. The first-order valence-corrected chi connectivity index (χ1v) is 10.7. The molecule has 3 heterocycles. The number of amides is 2. The van der Waals surface area contributed by atoms with Gasteiger partial charge in [0.2, 0.25) is 11.8 Å². The number of anilines is 1. The van der Waals surface area contributed by atoms with Gasteiger partial charge < -0.3 is 9.64 Å². The number of aromatic nitrogens is 2. The normalized spacial score (nSPS) is 18.4. The zero-order valence-corrected chi connectivity index (χ0v) is 17.9. The Morgan fingerprint density at radius 3 is 2.87 bits per heavy atom. The van der Waals surface area contributed by atoms with Crippen LogP contribution < -0.4 is 4.90 Å². The highest BCUT2D eigenvalue weighted by molar-refractivity contribution is 6.00. The third kappa shape index (κ3) is 4.44. The number of hydrogen-bond donors (Lipinski definition) is 0. The predicted molar refractivity (Wildman–Crippen MR) is 113 cm³/mol. The van der Waals surface area contributed by atoms with Gasteiger partial charge >= 0.3 is 0 Å². The lowest BCUT2D eigenvalue weighted by Crippen LogP contribution is -2.41. The average molecular weight is 426 g/mol. The molecular formula is C23H27FN4O3. The van der Waals surface area contributed by atoms with E-state index in [2.05, 4.69) is 0 Å². The van der Waals surface area contributed by atoms with Gasteiger partial charge in [-0.2, -0.15) is 0 Å². The SMILES string of the molecule is COCC(=O)N1CCC[C@@H](c2nc(C)c3c(n2)N(CCc2ccccc2F)C(=O)C3)C1. The molecule has 8 heteroatoms. The van der Waals surface area contributed by atoms with Crippen molar-refractivity contribution in [2.45, 2.75) is 38.5 Å². The molecule has 1 fully saturated rings. The molecule has 0 N–H and O–H groups in total. The van der Waals surface area contributed by atoms with Crippen LogP contribution in [0.5, 0.6) is 0 Å². The number of nitrogens with zero attached hydrogens (tertiary/aromatic N) is 4. The summed E-state index contributed by atoms with van der Waals surface area (Å²) in [7, 11) is 1.51. The molecule has 0 radical (unpaired) electrons. The number of aryl methyl sites for hydroxylation is 1. The van der Waals surface area contributed by atoms with Crippen LogP contribution in [0.15, 0.2) is 24.3 Å². The Bertz CT molecular complexity index is 997. The molecule has 2 amide bonds. The maximum Gasteiger partial charge on any atom is 0.248 e. The van der Waals surface area contributed by atoms with Gasteiger partial charge in [0.1, 0.15) is 24.1 Å². The third-order valence-electron chi connectivity index (χ3n) is 6.06. The second-order valence-electron chi connectivity index (χ2n) is 8.14. The molecule has 2 aliphatic rings. The molecule has 164 valence electrons. The van der Waals surface area contributed by atoms with Gasteiger partial charge in [-0.3, -0.25) is 14.5 Å². The van der Waals surface area contributed by atoms with Crippen LogP contribution in [0.2, 0.25) is 0 Å². The van der Waals surface area contributed by atoms with Crippen molar-refractivity contribution in [1.29, 1.82) is 0 Å². The molecule has 7 nitrogen and oxygen atoms in total. The smallest absolute Gasteiger partial charge is 0.248 e. The molecule has 0 aliphatic carbocycles. The fourth-order valence-corrected chi connectivity index (χ4v) is 4.37. The predicted octanol–water partition coefficient (Wildman–Crippen LogP) is 2.41. The van der Waals surface area contributed by atoms with Crippen LogP contribution in [-0.2, 0) is 27.2 Å². The molecule has 0 saturated carbocycles. The molecule has 1 aromatic heterocycles. The summed E-state index contributed by atoms with van der Waals surface area (Å²) in [4.78, 5) is 37.8. The fraction of sp³-hybridized carbons (Fsp3) is 0.478. The van der Waals surface area contributed by atoms with E-state index in [-0.39, 0.29) is 36.6 Å². The van der Waals surface area contributed by atoms with Gasteiger partial charge in [-0.25, -0.2) is 14.4 Å². The number of fused-ring (bicyclic) bond motifs is 1. The Hall–Kier alpha value is -2.87. The summed E-state index contributed by atoms with van der Waals surface area (Å²) in [5, 5.41) is 0. The van der Waals surface area contributed by atoms with Crippen LogP contribution >= 0.6 is 0 Å². The Morgan fingerprint density at radius 2 is 2.10 bits per heavy atom. The minimum Gasteiger partial charge on any atom is -0.375 e. The highest BCUT2D eigenvalue weighted by atomic mass is 19.1. The Labute approximate surface area is 181 Å². The zero-order chi connectivity index (χ0) is 22.0. The van der Waals surface area contributed by atoms with Crippen molar-refractivity contribution in [3.63, 3.8) is 0 Å². The van der Waals surface area contributed by atoms with Crippen LogP contribution in [0.1, 0.15) is 41.4 Å². The van der Waals surface area contributed by atoms with Gasteiger partial charge in [-0.05, 0) is 37.8 Å². The van der Waals surface area contributed by atoms with Crippen LogP contribution in [0.3, 0.4) is 0 Å². The summed E-state index contributed by atoms with van der Waals surface area (Å²) in [5.74, 6) is 0.966. The maximum atomic E-state index is 14.0. The Morgan fingerprint density at radius 1 is 1.29 bits per heavy atom. The summed E-state index contributed by atoms with van der Waals surface area (Å²) in [6, 6.07) is 6.62. The molecule has 0 bridgehead atoms. The number of ether oxygens (including phenoxy) is 1. The number of halogens is 1. The van der Waals surface area contributed by atoms with Gasteiger partial charge in [0.15, 0.2) is 0 Å². The molecule has 0 spiro atoms. The van der Waals surface area contributed by atoms with E-state index in [9.17, 15) is 14.0 Å². The lowest BCUT2D eigenvalue weighted by atomic mass is 9.96. The fourth-order valence-electron chi connectivity index (χ4n) is 4.37. The van der Waals surface area contributed by atoms with Gasteiger partial charge in [0.25, 0.3) is 0 Å². The van der Waals surface area contributed by atoms with Gasteiger partial charge in [-0.15, -0.1) is 0 Å².